The summed E-state index contributed by atoms with van der Waals surface area (Å²) in [6.45, 7) is 0. The van der Waals surface area contributed by atoms with E-state index in [0.717, 1.165) is 17.4 Å². The fourth-order valence-electron chi connectivity index (χ4n) is 2.00. The molecule has 3 heterocycles. The number of thiophene rings is 2. The summed E-state index contributed by atoms with van der Waals surface area (Å²) in [5, 5.41) is 1.68. The van der Waals surface area contributed by atoms with Crippen molar-refractivity contribution in [2.45, 2.75) is 6.18 Å². The second kappa shape index (κ2) is 5.36. The van der Waals surface area contributed by atoms with E-state index in [2.05, 4.69) is 9.72 Å². The summed E-state index contributed by atoms with van der Waals surface area (Å²) in [6.07, 6.45) is -4.53. The summed E-state index contributed by atoms with van der Waals surface area (Å²) in [6, 6.07) is 5.64. The first-order valence-electron chi connectivity index (χ1n) is 6.04. The number of hydrogen-bond donors (Lipinski definition) is 0. The van der Waals surface area contributed by atoms with Crippen LogP contribution in [-0.4, -0.2) is 18.1 Å². The van der Waals surface area contributed by atoms with Gasteiger partial charge in [0, 0.05) is 5.39 Å². The molecular weight excluding hydrogens is 335 g/mol. The van der Waals surface area contributed by atoms with Crippen LogP contribution in [0, 0.1) is 0 Å². The van der Waals surface area contributed by atoms with Crippen molar-refractivity contribution in [1.82, 2.24) is 4.98 Å². The molecule has 0 aliphatic rings. The first kappa shape index (κ1) is 15.0. The highest BCUT2D eigenvalue weighted by molar-refractivity contribution is 7.20. The monoisotopic (exact) mass is 343 g/mol. The van der Waals surface area contributed by atoms with Crippen molar-refractivity contribution in [2.24, 2.45) is 0 Å². The summed E-state index contributed by atoms with van der Waals surface area (Å²) < 4.78 is 44.4. The van der Waals surface area contributed by atoms with Crippen LogP contribution >= 0.6 is 22.7 Å². The predicted octanol–water partition coefficient (Wildman–Crippen LogP) is 4.83. The molecular formula is C14H8F3NO2S2. The predicted molar refractivity (Wildman–Crippen MR) is 79.3 cm³/mol. The van der Waals surface area contributed by atoms with E-state index in [-0.39, 0.29) is 20.8 Å². The molecule has 3 aromatic heterocycles. The zero-order chi connectivity index (χ0) is 15.9. The molecule has 0 saturated heterocycles. The Balaban J connectivity index is 2.28. The maximum absolute atomic E-state index is 13.3. The molecule has 114 valence electrons. The van der Waals surface area contributed by atoms with E-state index in [9.17, 15) is 18.0 Å². The minimum atomic E-state index is -4.53. The van der Waals surface area contributed by atoms with Crippen LogP contribution in [-0.2, 0) is 10.9 Å². The van der Waals surface area contributed by atoms with E-state index < -0.39 is 17.7 Å². The number of alkyl halides is 3. The van der Waals surface area contributed by atoms with Crippen molar-refractivity contribution in [2.75, 3.05) is 7.11 Å². The van der Waals surface area contributed by atoms with E-state index in [1.165, 1.54) is 24.5 Å². The summed E-state index contributed by atoms with van der Waals surface area (Å²) in [5.74, 6) is -0.672. The number of pyridine rings is 1. The summed E-state index contributed by atoms with van der Waals surface area (Å²) in [7, 11) is 1.18. The Bertz CT molecular complexity index is 838. The van der Waals surface area contributed by atoms with Crippen molar-refractivity contribution in [3.05, 3.63) is 40.1 Å². The topological polar surface area (TPSA) is 39.2 Å². The lowest BCUT2D eigenvalue weighted by molar-refractivity contribution is -0.136. The lowest BCUT2D eigenvalue weighted by Gasteiger charge is -2.09. The average molecular weight is 343 g/mol. The third-order valence-electron chi connectivity index (χ3n) is 2.97. The van der Waals surface area contributed by atoms with Crippen LogP contribution in [0.3, 0.4) is 0 Å². The second-order valence-corrected chi connectivity index (χ2v) is 6.33. The molecule has 0 atom stereocenters. The maximum Gasteiger partial charge on any atom is 0.417 e. The number of nitrogens with zero attached hydrogens (tertiary/aromatic N) is 1. The van der Waals surface area contributed by atoms with Crippen LogP contribution in [0.5, 0.6) is 0 Å². The van der Waals surface area contributed by atoms with E-state index in [0.29, 0.717) is 4.88 Å². The molecule has 0 aromatic carbocycles. The van der Waals surface area contributed by atoms with Crippen LogP contribution in [0.25, 0.3) is 20.8 Å². The fraction of sp³-hybridized carbons (Fsp3) is 0.143. The SMILES string of the molecule is COC(=O)c1cc2c(C(F)(F)F)cc(-c3cccs3)nc2s1. The molecule has 3 rings (SSSR count). The zero-order valence-corrected chi connectivity index (χ0v) is 12.7. The van der Waals surface area contributed by atoms with Crippen LogP contribution in [0.1, 0.15) is 15.2 Å². The Labute approximate surface area is 131 Å². The Morgan fingerprint density at radius 2 is 2.09 bits per heavy atom. The van der Waals surface area contributed by atoms with Crippen molar-refractivity contribution in [1.29, 1.82) is 0 Å². The van der Waals surface area contributed by atoms with Gasteiger partial charge in [-0.15, -0.1) is 22.7 Å². The number of rotatable bonds is 2. The highest BCUT2D eigenvalue weighted by Gasteiger charge is 2.34. The first-order chi connectivity index (χ1) is 10.4. The molecule has 8 heteroatoms. The molecule has 0 radical (unpaired) electrons. The molecule has 0 spiro atoms. The summed E-state index contributed by atoms with van der Waals surface area (Å²) >= 11 is 2.20. The smallest absolute Gasteiger partial charge is 0.417 e. The van der Waals surface area contributed by atoms with E-state index >= 15 is 0 Å². The van der Waals surface area contributed by atoms with Gasteiger partial charge >= 0.3 is 12.1 Å². The van der Waals surface area contributed by atoms with Crippen molar-refractivity contribution in [3.63, 3.8) is 0 Å². The minimum Gasteiger partial charge on any atom is -0.465 e. The number of aromatic nitrogens is 1. The Morgan fingerprint density at radius 3 is 2.68 bits per heavy atom. The van der Waals surface area contributed by atoms with Gasteiger partial charge in [0.25, 0.3) is 0 Å². The molecule has 0 fully saturated rings. The van der Waals surface area contributed by atoms with Gasteiger partial charge in [-0.1, -0.05) is 6.07 Å². The molecule has 22 heavy (non-hydrogen) atoms. The molecule has 0 unspecified atom stereocenters. The molecule has 0 saturated carbocycles. The van der Waals surface area contributed by atoms with Crippen molar-refractivity contribution >= 4 is 38.9 Å². The zero-order valence-electron chi connectivity index (χ0n) is 11.1. The van der Waals surface area contributed by atoms with Gasteiger partial charge in [-0.3, -0.25) is 0 Å². The van der Waals surface area contributed by atoms with E-state index in [1.54, 1.807) is 17.5 Å². The Morgan fingerprint density at radius 1 is 1.32 bits per heavy atom. The highest BCUT2D eigenvalue weighted by Crippen LogP contribution is 2.40. The number of esters is 1. The number of carbonyl (C=O) groups is 1. The first-order valence-corrected chi connectivity index (χ1v) is 7.73. The van der Waals surface area contributed by atoms with Crippen LogP contribution in [0.15, 0.2) is 29.6 Å². The quantitative estimate of drug-likeness (QED) is 0.626. The molecule has 0 aliphatic carbocycles. The number of carbonyl (C=O) groups excluding carboxylic acids is 1. The molecule has 3 nitrogen and oxygen atoms in total. The number of fused-ring (bicyclic) bond motifs is 1. The molecule has 3 aromatic rings. The number of hydrogen-bond acceptors (Lipinski definition) is 5. The normalized spacial score (nSPS) is 11.8. The third kappa shape index (κ3) is 2.59. The van der Waals surface area contributed by atoms with Gasteiger partial charge in [-0.2, -0.15) is 13.2 Å². The number of methoxy groups -OCH3 is 1. The summed E-state index contributed by atoms with van der Waals surface area (Å²) in [4.78, 5) is 16.7. The van der Waals surface area contributed by atoms with Gasteiger partial charge in [0.15, 0.2) is 0 Å². The second-order valence-electron chi connectivity index (χ2n) is 4.35. The van der Waals surface area contributed by atoms with Gasteiger partial charge in [-0.05, 0) is 23.6 Å². The van der Waals surface area contributed by atoms with Gasteiger partial charge in [0.05, 0.1) is 23.2 Å². The summed E-state index contributed by atoms with van der Waals surface area (Å²) in [5.41, 5.74) is -0.555. The van der Waals surface area contributed by atoms with Gasteiger partial charge in [-0.25, -0.2) is 9.78 Å². The van der Waals surface area contributed by atoms with E-state index in [4.69, 9.17) is 0 Å². The maximum atomic E-state index is 13.3. The van der Waals surface area contributed by atoms with Crippen LogP contribution in [0.4, 0.5) is 13.2 Å². The van der Waals surface area contributed by atoms with Gasteiger partial charge < -0.3 is 4.74 Å². The third-order valence-corrected chi connectivity index (χ3v) is 4.87. The lowest BCUT2D eigenvalue weighted by atomic mass is 10.1. The lowest BCUT2D eigenvalue weighted by Crippen LogP contribution is -2.06. The van der Waals surface area contributed by atoms with Crippen molar-refractivity contribution in [3.8, 4) is 10.6 Å². The standard InChI is InChI=1S/C14H8F3NO2S2/c1-20-13(19)11-5-7-8(14(15,16)17)6-9(18-12(7)22-11)10-3-2-4-21-10/h2-6H,1H3. The van der Waals surface area contributed by atoms with Gasteiger partial charge in [0.2, 0.25) is 0 Å². The molecule has 0 aliphatic heterocycles. The minimum absolute atomic E-state index is 0.0850. The largest absolute Gasteiger partial charge is 0.465 e. The number of ether oxygens (including phenoxy) is 1. The molecule has 0 N–H and O–H groups in total. The average Bonchev–Trinajstić information content (AvgIpc) is 3.12. The fourth-order valence-corrected chi connectivity index (χ4v) is 3.66. The van der Waals surface area contributed by atoms with Gasteiger partial charge in [0.1, 0.15) is 9.71 Å². The number of halogens is 3. The van der Waals surface area contributed by atoms with Crippen molar-refractivity contribution < 1.29 is 22.7 Å². The van der Waals surface area contributed by atoms with E-state index in [1.807, 2.05) is 0 Å². The highest BCUT2D eigenvalue weighted by atomic mass is 32.1. The Kier molecular flexibility index (Phi) is 3.65. The van der Waals surface area contributed by atoms with Crippen LogP contribution < -0.4 is 0 Å². The van der Waals surface area contributed by atoms with Crippen LogP contribution in [0.2, 0.25) is 0 Å². The molecule has 0 bridgehead atoms. The molecule has 0 amide bonds. The Hall–Kier alpha value is -1.93.